The summed E-state index contributed by atoms with van der Waals surface area (Å²) in [5.41, 5.74) is 2.65. The van der Waals surface area contributed by atoms with Crippen LogP contribution < -0.4 is 11.2 Å². The van der Waals surface area contributed by atoms with E-state index in [0.717, 1.165) is 17.7 Å². The molecule has 38 heavy (non-hydrogen) atoms. The quantitative estimate of drug-likeness (QED) is 0.377. The van der Waals surface area contributed by atoms with Crippen LogP contribution in [0.25, 0.3) is 22.3 Å². The molecule has 1 aliphatic rings. The van der Waals surface area contributed by atoms with Crippen LogP contribution in [0.3, 0.4) is 0 Å². The summed E-state index contributed by atoms with van der Waals surface area (Å²) in [5.74, 6) is 0. The first-order chi connectivity index (χ1) is 18.2. The molecule has 3 heterocycles. The standard InChI is InChI=1S/C27H30ClN5O4S/c1-3-12-33-26(34)25-24(30(2)27(33)35)17-23(29-25)20-6-10-22(11-7-20)38(36,37)32-15-13-31(14-16-32)18-19-4-8-21(28)9-5-19/h4-11,17,29H,3,12-16,18H2,1-2H3. The van der Waals surface area contributed by atoms with Gasteiger partial charge in [0.2, 0.25) is 10.0 Å². The smallest absolute Gasteiger partial charge is 0.331 e. The average molecular weight is 556 g/mol. The second-order valence-electron chi connectivity index (χ2n) is 9.57. The van der Waals surface area contributed by atoms with Crippen LogP contribution in [0, 0.1) is 0 Å². The lowest BCUT2D eigenvalue weighted by Gasteiger charge is -2.34. The summed E-state index contributed by atoms with van der Waals surface area (Å²) < 4.78 is 30.8. The van der Waals surface area contributed by atoms with E-state index in [1.807, 2.05) is 31.2 Å². The summed E-state index contributed by atoms with van der Waals surface area (Å²) in [6.07, 6.45) is 0.668. The predicted octanol–water partition coefficient (Wildman–Crippen LogP) is 3.27. The largest absolute Gasteiger partial charge is 0.349 e. The fourth-order valence-corrected chi connectivity index (χ4v) is 6.43. The van der Waals surface area contributed by atoms with Gasteiger partial charge in [-0.2, -0.15) is 4.31 Å². The molecule has 1 fully saturated rings. The van der Waals surface area contributed by atoms with E-state index in [2.05, 4.69) is 9.88 Å². The zero-order valence-corrected chi connectivity index (χ0v) is 22.9. The van der Waals surface area contributed by atoms with E-state index in [9.17, 15) is 18.0 Å². The minimum absolute atomic E-state index is 0.223. The molecule has 4 aromatic rings. The molecule has 0 unspecified atom stereocenters. The second-order valence-corrected chi connectivity index (χ2v) is 11.9. The molecule has 200 valence electrons. The second kappa shape index (κ2) is 10.5. The van der Waals surface area contributed by atoms with E-state index >= 15 is 0 Å². The molecule has 0 amide bonds. The minimum atomic E-state index is -3.64. The van der Waals surface area contributed by atoms with Crippen LogP contribution >= 0.6 is 11.6 Å². The predicted molar refractivity (Wildman–Crippen MR) is 149 cm³/mol. The van der Waals surface area contributed by atoms with Crippen LogP contribution in [-0.2, 0) is 30.2 Å². The van der Waals surface area contributed by atoms with E-state index in [-0.39, 0.29) is 16.1 Å². The van der Waals surface area contributed by atoms with E-state index in [0.29, 0.717) is 60.9 Å². The maximum atomic E-state index is 13.3. The van der Waals surface area contributed by atoms with Gasteiger partial charge in [0.15, 0.2) is 0 Å². The van der Waals surface area contributed by atoms with Crippen molar-refractivity contribution < 1.29 is 8.42 Å². The maximum absolute atomic E-state index is 13.3. The minimum Gasteiger partial charge on any atom is -0.349 e. The number of nitrogens with zero attached hydrogens (tertiary/aromatic N) is 4. The van der Waals surface area contributed by atoms with Crippen LogP contribution in [0.1, 0.15) is 18.9 Å². The number of sulfonamides is 1. The first kappa shape index (κ1) is 26.4. The Labute approximate surface area is 225 Å². The fraction of sp³-hybridized carbons (Fsp3) is 0.333. The zero-order chi connectivity index (χ0) is 27.0. The molecule has 0 spiro atoms. The molecule has 1 N–H and O–H groups in total. The van der Waals surface area contributed by atoms with Crippen molar-refractivity contribution >= 4 is 32.7 Å². The first-order valence-corrected chi connectivity index (χ1v) is 14.4. The first-order valence-electron chi connectivity index (χ1n) is 12.6. The summed E-state index contributed by atoms with van der Waals surface area (Å²) in [6.45, 7) is 5.12. The van der Waals surface area contributed by atoms with E-state index in [1.165, 1.54) is 13.4 Å². The van der Waals surface area contributed by atoms with Gasteiger partial charge in [-0.05, 0) is 47.9 Å². The topological polar surface area (TPSA) is 100 Å². The number of fused-ring (bicyclic) bond motifs is 1. The van der Waals surface area contributed by atoms with Crippen LogP contribution in [0.2, 0.25) is 5.02 Å². The molecule has 0 atom stereocenters. The van der Waals surface area contributed by atoms with Gasteiger partial charge in [0.1, 0.15) is 5.52 Å². The highest BCUT2D eigenvalue weighted by Crippen LogP contribution is 2.25. The molecule has 2 aromatic carbocycles. The van der Waals surface area contributed by atoms with E-state index < -0.39 is 10.0 Å². The summed E-state index contributed by atoms with van der Waals surface area (Å²) in [5, 5.41) is 0.695. The molecule has 9 nitrogen and oxygen atoms in total. The van der Waals surface area contributed by atoms with Crippen LogP contribution in [0.4, 0.5) is 0 Å². The fourth-order valence-electron chi connectivity index (χ4n) is 4.89. The number of aryl methyl sites for hydroxylation is 1. The lowest BCUT2D eigenvalue weighted by Crippen LogP contribution is -2.48. The summed E-state index contributed by atoms with van der Waals surface area (Å²) in [7, 11) is -2.00. The van der Waals surface area contributed by atoms with Crippen LogP contribution in [0.5, 0.6) is 0 Å². The number of aromatic nitrogens is 3. The average Bonchev–Trinajstić information content (AvgIpc) is 3.38. The van der Waals surface area contributed by atoms with Crippen LogP contribution in [-0.4, -0.2) is 57.9 Å². The zero-order valence-electron chi connectivity index (χ0n) is 21.4. The Morgan fingerprint density at radius 1 is 0.947 bits per heavy atom. The normalized spacial score (nSPS) is 15.3. The van der Waals surface area contributed by atoms with Crippen molar-refractivity contribution in [2.45, 2.75) is 31.3 Å². The third-order valence-corrected chi connectivity index (χ3v) is 9.20. The number of aromatic amines is 1. The van der Waals surface area contributed by atoms with Gasteiger partial charge in [-0.3, -0.25) is 18.8 Å². The molecule has 0 bridgehead atoms. The van der Waals surface area contributed by atoms with Gasteiger partial charge in [-0.1, -0.05) is 42.8 Å². The number of rotatable bonds is 7. The Kier molecular flexibility index (Phi) is 7.32. The van der Waals surface area contributed by atoms with E-state index in [1.54, 1.807) is 37.4 Å². The Hall–Kier alpha value is -3.18. The van der Waals surface area contributed by atoms with Crippen LogP contribution in [0.15, 0.2) is 69.1 Å². The lowest BCUT2D eigenvalue weighted by molar-refractivity contribution is 0.181. The molecular formula is C27H30ClN5O4S. The maximum Gasteiger partial charge on any atom is 0.331 e. The highest BCUT2D eigenvalue weighted by atomic mass is 35.5. The van der Waals surface area contributed by atoms with E-state index in [4.69, 9.17) is 11.6 Å². The molecule has 1 aliphatic heterocycles. The molecule has 5 rings (SSSR count). The molecular weight excluding hydrogens is 526 g/mol. The summed E-state index contributed by atoms with van der Waals surface area (Å²) >= 11 is 5.96. The molecule has 0 aliphatic carbocycles. The number of hydrogen-bond donors (Lipinski definition) is 1. The van der Waals surface area contributed by atoms with Crippen molar-refractivity contribution in [2.24, 2.45) is 7.05 Å². The summed E-state index contributed by atoms with van der Waals surface area (Å²) in [4.78, 5) is 31.0. The number of halogens is 1. The Morgan fingerprint density at radius 3 is 2.24 bits per heavy atom. The third kappa shape index (κ3) is 4.96. The van der Waals surface area contributed by atoms with Crippen molar-refractivity contribution in [3.05, 3.63) is 86.0 Å². The lowest BCUT2D eigenvalue weighted by atomic mass is 10.1. The van der Waals surface area contributed by atoms with Gasteiger partial charge >= 0.3 is 5.69 Å². The summed E-state index contributed by atoms with van der Waals surface area (Å²) in [6, 6.07) is 16.1. The van der Waals surface area contributed by atoms with Gasteiger partial charge in [-0.15, -0.1) is 0 Å². The number of benzene rings is 2. The van der Waals surface area contributed by atoms with Gasteiger partial charge in [-0.25, -0.2) is 13.2 Å². The number of nitrogens with one attached hydrogen (secondary N) is 1. The molecule has 0 saturated carbocycles. The number of H-pyrrole nitrogens is 1. The highest BCUT2D eigenvalue weighted by molar-refractivity contribution is 7.89. The number of piperazine rings is 1. The van der Waals surface area contributed by atoms with Crippen molar-refractivity contribution in [3.8, 4) is 11.3 Å². The third-order valence-electron chi connectivity index (χ3n) is 7.04. The highest BCUT2D eigenvalue weighted by Gasteiger charge is 2.28. The van der Waals surface area contributed by atoms with Gasteiger partial charge < -0.3 is 4.98 Å². The Bertz CT molecular complexity index is 1680. The van der Waals surface area contributed by atoms with Crippen molar-refractivity contribution in [1.29, 1.82) is 0 Å². The van der Waals surface area contributed by atoms with Gasteiger partial charge in [0.25, 0.3) is 5.56 Å². The Balaban J connectivity index is 1.32. The van der Waals surface area contributed by atoms with Crippen molar-refractivity contribution in [1.82, 2.24) is 23.3 Å². The van der Waals surface area contributed by atoms with Gasteiger partial charge in [0.05, 0.1) is 10.4 Å². The van der Waals surface area contributed by atoms with Crippen molar-refractivity contribution in [3.63, 3.8) is 0 Å². The Morgan fingerprint density at radius 2 is 1.61 bits per heavy atom. The SMILES string of the molecule is CCCn1c(=O)c2[nH]c(-c3ccc(S(=O)(=O)N4CCN(Cc5ccc(Cl)cc5)CC4)cc3)cc2n(C)c1=O. The van der Waals surface area contributed by atoms with Crippen molar-refractivity contribution in [2.75, 3.05) is 26.2 Å². The monoisotopic (exact) mass is 555 g/mol. The molecule has 0 radical (unpaired) electrons. The molecule has 11 heteroatoms. The number of hydrogen-bond acceptors (Lipinski definition) is 5. The van der Waals surface area contributed by atoms with Gasteiger partial charge in [0, 0.05) is 57.0 Å². The molecule has 2 aromatic heterocycles. The molecule has 1 saturated heterocycles.